The minimum absolute atomic E-state index is 0.299. The van der Waals surface area contributed by atoms with E-state index >= 15 is 0 Å². The van der Waals surface area contributed by atoms with Gasteiger partial charge in [-0.3, -0.25) is 9.59 Å². The van der Waals surface area contributed by atoms with E-state index in [1.807, 2.05) is 6.08 Å². The van der Waals surface area contributed by atoms with Crippen molar-refractivity contribution in [2.24, 2.45) is 11.8 Å². The first-order valence-electron chi connectivity index (χ1n) is 5.88. The lowest BCUT2D eigenvalue weighted by Gasteiger charge is -2.23. The zero-order valence-electron chi connectivity index (χ0n) is 10.0. The summed E-state index contributed by atoms with van der Waals surface area (Å²) in [5.74, 6) is -2.03. The summed E-state index contributed by atoms with van der Waals surface area (Å²) in [7, 11) is 0. The number of hydrogen-bond donors (Lipinski definition) is 2. The number of carboxylic acids is 1. The summed E-state index contributed by atoms with van der Waals surface area (Å²) >= 11 is 3.25. The van der Waals surface area contributed by atoms with Crippen LogP contribution in [0.25, 0.3) is 0 Å². The second-order valence-corrected chi connectivity index (χ2v) is 5.26. The van der Waals surface area contributed by atoms with Crippen molar-refractivity contribution in [2.45, 2.75) is 12.8 Å². The summed E-state index contributed by atoms with van der Waals surface area (Å²) in [5.41, 5.74) is 0. The van der Waals surface area contributed by atoms with Gasteiger partial charge in [0.1, 0.15) is 5.82 Å². The van der Waals surface area contributed by atoms with E-state index in [2.05, 4.69) is 26.2 Å². The Kier molecular flexibility index (Phi) is 4.31. The number of aromatic nitrogens is 1. The number of halogens is 1. The summed E-state index contributed by atoms with van der Waals surface area (Å²) in [6.07, 6.45) is 6.06. The molecule has 0 saturated carbocycles. The fraction of sp³-hybridized carbons (Fsp3) is 0.308. The number of pyridine rings is 1. The van der Waals surface area contributed by atoms with Gasteiger partial charge in [0.2, 0.25) is 5.91 Å². The predicted molar refractivity (Wildman–Crippen MR) is 73.6 cm³/mol. The number of allylic oxidation sites excluding steroid dienone is 2. The maximum atomic E-state index is 12.1. The van der Waals surface area contributed by atoms with Crippen molar-refractivity contribution in [3.05, 3.63) is 35.0 Å². The molecule has 2 unspecified atom stereocenters. The third-order valence-corrected chi connectivity index (χ3v) is 3.53. The van der Waals surface area contributed by atoms with Crippen molar-refractivity contribution in [3.63, 3.8) is 0 Å². The van der Waals surface area contributed by atoms with Crippen molar-refractivity contribution < 1.29 is 14.7 Å². The molecule has 6 heteroatoms. The van der Waals surface area contributed by atoms with E-state index in [0.29, 0.717) is 18.7 Å². The molecule has 1 aliphatic carbocycles. The Bertz CT molecular complexity index is 513. The van der Waals surface area contributed by atoms with Gasteiger partial charge in [-0.1, -0.05) is 12.2 Å². The van der Waals surface area contributed by atoms with Crippen LogP contribution in [0.4, 0.5) is 5.82 Å². The van der Waals surface area contributed by atoms with Gasteiger partial charge in [0.15, 0.2) is 0 Å². The number of hydrogen-bond acceptors (Lipinski definition) is 3. The van der Waals surface area contributed by atoms with Crippen molar-refractivity contribution >= 4 is 33.6 Å². The molecule has 0 spiro atoms. The highest BCUT2D eigenvalue weighted by molar-refractivity contribution is 9.10. The largest absolute Gasteiger partial charge is 0.481 e. The van der Waals surface area contributed by atoms with Gasteiger partial charge in [0.05, 0.1) is 11.8 Å². The van der Waals surface area contributed by atoms with Gasteiger partial charge < -0.3 is 10.4 Å². The van der Waals surface area contributed by atoms with Crippen LogP contribution < -0.4 is 5.32 Å². The molecule has 100 valence electrons. The van der Waals surface area contributed by atoms with Crippen molar-refractivity contribution in [3.8, 4) is 0 Å². The van der Waals surface area contributed by atoms with E-state index < -0.39 is 17.8 Å². The van der Waals surface area contributed by atoms with Crippen molar-refractivity contribution in [2.75, 3.05) is 5.32 Å². The second-order valence-electron chi connectivity index (χ2n) is 4.34. The number of nitrogens with one attached hydrogen (secondary N) is 1. The third kappa shape index (κ3) is 3.41. The Labute approximate surface area is 118 Å². The van der Waals surface area contributed by atoms with Crippen molar-refractivity contribution in [1.29, 1.82) is 0 Å². The van der Waals surface area contributed by atoms with Crippen molar-refractivity contribution in [1.82, 2.24) is 4.98 Å². The van der Waals surface area contributed by atoms with Crippen LogP contribution in [0.5, 0.6) is 0 Å². The maximum Gasteiger partial charge on any atom is 0.307 e. The lowest BCUT2D eigenvalue weighted by molar-refractivity contribution is -0.146. The molecular weight excluding hydrogens is 312 g/mol. The lowest BCUT2D eigenvalue weighted by atomic mass is 9.82. The number of carbonyl (C=O) groups is 2. The molecule has 1 aliphatic rings. The second kappa shape index (κ2) is 5.97. The number of nitrogens with zero attached hydrogens (tertiary/aromatic N) is 1. The smallest absolute Gasteiger partial charge is 0.307 e. The maximum absolute atomic E-state index is 12.1. The van der Waals surface area contributed by atoms with E-state index in [0.717, 1.165) is 4.47 Å². The van der Waals surface area contributed by atoms with Crippen LogP contribution in [0.1, 0.15) is 12.8 Å². The highest BCUT2D eigenvalue weighted by Gasteiger charge is 2.33. The Hall–Kier alpha value is -1.69. The summed E-state index contributed by atoms with van der Waals surface area (Å²) in [6, 6.07) is 3.43. The number of carbonyl (C=O) groups excluding carboxylic acids is 1. The van der Waals surface area contributed by atoms with Crippen LogP contribution in [0.15, 0.2) is 35.0 Å². The zero-order valence-corrected chi connectivity index (χ0v) is 11.6. The molecule has 19 heavy (non-hydrogen) atoms. The summed E-state index contributed by atoms with van der Waals surface area (Å²) in [6.45, 7) is 0. The highest BCUT2D eigenvalue weighted by atomic mass is 79.9. The van der Waals surface area contributed by atoms with Crippen LogP contribution in [-0.4, -0.2) is 22.0 Å². The molecule has 0 aromatic carbocycles. The molecule has 1 aromatic rings. The van der Waals surface area contributed by atoms with E-state index in [4.69, 9.17) is 5.11 Å². The number of aliphatic carboxylic acids is 1. The molecule has 2 rings (SSSR count). The average molecular weight is 325 g/mol. The van der Waals surface area contributed by atoms with Crippen LogP contribution in [0.3, 0.4) is 0 Å². The van der Waals surface area contributed by atoms with Gasteiger partial charge in [-0.2, -0.15) is 0 Å². The third-order valence-electron chi connectivity index (χ3n) is 3.07. The molecule has 0 bridgehead atoms. The fourth-order valence-corrected chi connectivity index (χ4v) is 2.28. The van der Waals surface area contributed by atoms with Gasteiger partial charge in [-0.05, 0) is 40.9 Å². The summed E-state index contributed by atoms with van der Waals surface area (Å²) < 4.78 is 0.814. The molecule has 1 aromatic heterocycles. The van der Waals surface area contributed by atoms with Crippen LogP contribution in [0.2, 0.25) is 0 Å². The quantitative estimate of drug-likeness (QED) is 0.837. The standard InChI is InChI=1S/C13H13BrN2O3/c14-8-5-6-11(15-7-8)16-12(17)9-3-1-2-4-10(9)13(18)19/h1-2,5-7,9-10H,3-4H2,(H,18,19)(H,15,16,17). The molecule has 2 atom stereocenters. The SMILES string of the molecule is O=C(O)C1CC=CCC1C(=O)Nc1ccc(Br)cn1. The molecule has 5 nitrogen and oxygen atoms in total. The van der Waals surface area contributed by atoms with E-state index in [1.165, 1.54) is 0 Å². The first kappa shape index (κ1) is 13.7. The fourth-order valence-electron chi connectivity index (χ4n) is 2.05. The van der Waals surface area contributed by atoms with Gasteiger partial charge in [0, 0.05) is 10.7 Å². The Morgan fingerprint density at radius 2 is 1.95 bits per heavy atom. The monoisotopic (exact) mass is 324 g/mol. The van der Waals surface area contributed by atoms with E-state index in [-0.39, 0.29) is 5.91 Å². The van der Waals surface area contributed by atoms with E-state index in [9.17, 15) is 9.59 Å². The van der Waals surface area contributed by atoms with Crippen LogP contribution in [-0.2, 0) is 9.59 Å². The molecule has 2 N–H and O–H groups in total. The number of amides is 1. The summed E-state index contributed by atoms with van der Waals surface area (Å²) in [4.78, 5) is 27.3. The molecule has 0 fully saturated rings. The lowest BCUT2D eigenvalue weighted by Crippen LogP contribution is -2.34. The Morgan fingerprint density at radius 1 is 1.26 bits per heavy atom. The minimum atomic E-state index is -0.937. The van der Waals surface area contributed by atoms with Gasteiger partial charge in [-0.15, -0.1) is 0 Å². The highest BCUT2D eigenvalue weighted by Crippen LogP contribution is 2.27. The van der Waals surface area contributed by atoms with E-state index in [1.54, 1.807) is 24.4 Å². The topological polar surface area (TPSA) is 79.3 Å². The number of anilines is 1. The molecule has 1 amide bonds. The summed E-state index contributed by atoms with van der Waals surface area (Å²) in [5, 5.41) is 11.8. The predicted octanol–water partition coefficient (Wildman–Crippen LogP) is 2.45. The number of rotatable bonds is 3. The molecular formula is C13H13BrN2O3. The van der Waals surface area contributed by atoms with Crippen LogP contribution in [0, 0.1) is 11.8 Å². The first-order valence-corrected chi connectivity index (χ1v) is 6.67. The van der Waals surface area contributed by atoms with Gasteiger partial charge in [-0.25, -0.2) is 4.98 Å². The molecule has 0 aliphatic heterocycles. The van der Waals surface area contributed by atoms with Gasteiger partial charge >= 0.3 is 5.97 Å². The van der Waals surface area contributed by atoms with Gasteiger partial charge in [0.25, 0.3) is 0 Å². The molecule has 1 heterocycles. The Morgan fingerprint density at radius 3 is 2.53 bits per heavy atom. The normalized spacial score (nSPS) is 21.9. The molecule has 0 radical (unpaired) electrons. The van der Waals surface area contributed by atoms with Crippen LogP contribution >= 0.6 is 15.9 Å². The average Bonchev–Trinajstić information content (AvgIpc) is 2.41. The molecule has 0 saturated heterocycles. The first-order chi connectivity index (χ1) is 9.08. The number of carboxylic acid groups (broad SMARTS) is 1. The zero-order chi connectivity index (χ0) is 13.8. The Balaban J connectivity index is 2.08. The minimum Gasteiger partial charge on any atom is -0.481 e.